The second-order valence-electron chi connectivity index (χ2n) is 9.16. The molecule has 0 saturated heterocycles. The molecule has 0 aliphatic heterocycles. The monoisotopic (exact) mass is 432 g/mol. The molecule has 0 spiro atoms. The van der Waals surface area contributed by atoms with E-state index in [0.29, 0.717) is 11.5 Å². The molecule has 0 bridgehead atoms. The van der Waals surface area contributed by atoms with Crippen molar-refractivity contribution in [2.45, 2.75) is 40.0 Å². The Bertz CT molecular complexity index is 1110. The molecule has 0 radical (unpaired) electrons. The number of para-hydroxylation sites is 1. The standard InChI is InChI=1S/C26H28N2O2S/c1-26(2,3)18-12-13-21-22(15-18)31-25(27-16-17-8-7-11-20(29)14-17)23(21)24(30)28-19-9-5-4-6-10-19/h4-11,14,16,18,29H,12-13,15H2,1-3H3,(H,28,30)/t18-/m0/s1. The molecular formula is C26H28N2O2S. The summed E-state index contributed by atoms with van der Waals surface area (Å²) >= 11 is 1.62. The zero-order chi connectivity index (χ0) is 22.0. The Morgan fingerprint density at radius 1 is 1.16 bits per heavy atom. The summed E-state index contributed by atoms with van der Waals surface area (Å²) in [5.74, 6) is 0.678. The summed E-state index contributed by atoms with van der Waals surface area (Å²) in [4.78, 5) is 19.3. The van der Waals surface area contributed by atoms with Crippen LogP contribution in [0.2, 0.25) is 0 Å². The number of carbonyl (C=O) groups excluding carboxylic acids is 1. The van der Waals surface area contributed by atoms with Crippen molar-refractivity contribution in [2.75, 3.05) is 5.32 Å². The molecule has 0 saturated carbocycles. The summed E-state index contributed by atoms with van der Waals surface area (Å²) in [5.41, 5.74) is 3.64. The number of benzene rings is 2. The van der Waals surface area contributed by atoms with E-state index in [-0.39, 0.29) is 17.1 Å². The molecule has 4 nitrogen and oxygen atoms in total. The number of aliphatic imine (C=N–C) groups is 1. The Balaban J connectivity index is 1.70. The number of carbonyl (C=O) groups is 1. The molecule has 1 amide bonds. The van der Waals surface area contributed by atoms with Crippen LogP contribution in [0.25, 0.3) is 0 Å². The first kappa shape index (κ1) is 21.3. The number of nitrogens with one attached hydrogen (secondary N) is 1. The maximum atomic E-state index is 13.3. The van der Waals surface area contributed by atoms with Gasteiger partial charge >= 0.3 is 0 Å². The van der Waals surface area contributed by atoms with Gasteiger partial charge in [0.1, 0.15) is 10.8 Å². The number of nitrogens with zero attached hydrogens (tertiary/aromatic N) is 1. The zero-order valence-corrected chi connectivity index (χ0v) is 19.0. The third-order valence-corrected chi connectivity index (χ3v) is 7.09. The van der Waals surface area contributed by atoms with E-state index in [9.17, 15) is 9.90 Å². The SMILES string of the molecule is CC(C)(C)[C@H]1CCc2c(sc(N=Cc3cccc(O)c3)c2C(=O)Nc2ccccc2)C1. The van der Waals surface area contributed by atoms with Gasteiger partial charge in [-0.2, -0.15) is 0 Å². The predicted molar refractivity (Wildman–Crippen MR) is 129 cm³/mol. The van der Waals surface area contributed by atoms with Crippen LogP contribution >= 0.6 is 11.3 Å². The molecule has 1 aliphatic carbocycles. The number of hydrogen-bond donors (Lipinski definition) is 2. The van der Waals surface area contributed by atoms with Crippen LogP contribution in [0.15, 0.2) is 59.6 Å². The van der Waals surface area contributed by atoms with Gasteiger partial charge in [-0.1, -0.05) is 51.1 Å². The number of fused-ring (bicyclic) bond motifs is 1. The number of anilines is 1. The minimum Gasteiger partial charge on any atom is -0.508 e. The maximum absolute atomic E-state index is 13.3. The molecule has 31 heavy (non-hydrogen) atoms. The third kappa shape index (κ3) is 4.88. The first-order valence-electron chi connectivity index (χ1n) is 10.7. The van der Waals surface area contributed by atoms with Gasteiger partial charge in [0.25, 0.3) is 5.91 Å². The lowest BCUT2D eigenvalue weighted by molar-refractivity contribution is 0.102. The average molecular weight is 433 g/mol. The summed E-state index contributed by atoms with van der Waals surface area (Å²) in [6.45, 7) is 6.88. The van der Waals surface area contributed by atoms with E-state index in [4.69, 9.17) is 4.99 Å². The molecule has 1 aromatic heterocycles. The molecule has 4 rings (SSSR count). The Morgan fingerprint density at radius 2 is 1.94 bits per heavy atom. The fraction of sp³-hybridized carbons (Fsp3) is 0.308. The lowest BCUT2D eigenvalue weighted by atomic mass is 9.72. The Labute approximate surface area is 187 Å². The molecule has 3 aromatic rings. The van der Waals surface area contributed by atoms with Gasteiger partial charge < -0.3 is 10.4 Å². The molecule has 1 aliphatic rings. The summed E-state index contributed by atoms with van der Waals surface area (Å²) in [6, 6.07) is 16.5. The lowest BCUT2D eigenvalue weighted by Crippen LogP contribution is -2.27. The first-order chi connectivity index (χ1) is 14.8. The summed E-state index contributed by atoms with van der Waals surface area (Å²) in [5, 5.41) is 13.5. The van der Waals surface area contributed by atoms with Crippen molar-refractivity contribution < 1.29 is 9.90 Å². The van der Waals surface area contributed by atoms with E-state index < -0.39 is 0 Å². The van der Waals surface area contributed by atoms with Crippen LogP contribution in [0.1, 0.15) is 53.6 Å². The fourth-order valence-corrected chi connectivity index (χ4v) is 5.36. The molecule has 2 aromatic carbocycles. The summed E-state index contributed by atoms with van der Waals surface area (Å²) < 4.78 is 0. The highest BCUT2D eigenvalue weighted by atomic mass is 32.1. The topological polar surface area (TPSA) is 61.7 Å². The highest BCUT2D eigenvalue weighted by Crippen LogP contribution is 2.45. The molecule has 5 heteroatoms. The Morgan fingerprint density at radius 3 is 2.65 bits per heavy atom. The van der Waals surface area contributed by atoms with Crippen LogP contribution in [0.3, 0.4) is 0 Å². The van der Waals surface area contributed by atoms with E-state index in [1.807, 2.05) is 36.4 Å². The molecule has 1 atom stereocenters. The van der Waals surface area contributed by atoms with Crippen LogP contribution in [0.4, 0.5) is 10.7 Å². The highest BCUT2D eigenvalue weighted by Gasteiger charge is 2.33. The van der Waals surface area contributed by atoms with Crippen LogP contribution in [-0.4, -0.2) is 17.2 Å². The van der Waals surface area contributed by atoms with Gasteiger partial charge in [0, 0.05) is 16.8 Å². The highest BCUT2D eigenvalue weighted by molar-refractivity contribution is 7.16. The second-order valence-corrected chi connectivity index (χ2v) is 10.2. The normalized spacial score (nSPS) is 16.3. The predicted octanol–water partition coefficient (Wildman–Crippen LogP) is 6.61. The Kier molecular flexibility index (Phi) is 5.96. The number of amides is 1. The van der Waals surface area contributed by atoms with Crippen molar-refractivity contribution in [2.24, 2.45) is 16.3 Å². The maximum Gasteiger partial charge on any atom is 0.259 e. The molecule has 0 fully saturated rings. The second kappa shape index (κ2) is 8.67. The Hall–Kier alpha value is -2.92. The quantitative estimate of drug-likeness (QED) is 0.456. The first-order valence-corrected chi connectivity index (χ1v) is 11.5. The molecule has 2 N–H and O–H groups in total. The van der Waals surface area contributed by atoms with Crippen molar-refractivity contribution in [1.82, 2.24) is 0 Å². The van der Waals surface area contributed by atoms with Gasteiger partial charge in [-0.15, -0.1) is 11.3 Å². The van der Waals surface area contributed by atoms with Crippen LogP contribution in [0.5, 0.6) is 5.75 Å². The van der Waals surface area contributed by atoms with E-state index in [2.05, 4.69) is 26.1 Å². The van der Waals surface area contributed by atoms with E-state index in [1.54, 1.807) is 35.8 Å². The van der Waals surface area contributed by atoms with Crippen molar-refractivity contribution in [1.29, 1.82) is 0 Å². The number of phenols is 1. The van der Waals surface area contributed by atoms with E-state index in [1.165, 1.54) is 4.88 Å². The van der Waals surface area contributed by atoms with Gasteiger partial charge in [0.15, 0.2) is 0 Å². The number of rotatable bonds is 4. The van der Waals surface area contributed by atoms with Crippen molar-refractivity contribution >= 4 is 34.1 Å². The van der Waals surface area contributed by atoms with Crippen LogP contribution < -0.4 is 5.32 Å². The van der Waals surface area contributed by atoms with Gasteiger partial charge in [-0.3, -0.25) is 4.79 Å². The minimum atomic E-state index is -0.110. The summed E-state index contributed by atoms with van der Waals surface area (Å²) in [6.07, 6.45) is 4.68. The van der Waals surface area contributed by atoms with Crippen molar-refractivity contribution in [3.05, 3.63) is 76.2 Å². The number of hydrogen-bond acceptors (Lipinski definition) is 4. The molecule has 1 heterocycles. The van der Waals surface area contributed by atoms with Crippen LogP contribution in [0, 0.1) is 11.3 Å². The van der Waals surface area contributed by atoms with Crippen molar-refractivity contribution in [3.8, 4) is 5.75 Å². The van der Waals surface area contributed by atoms with Gasteiger partial charge in [0.2, 0.25) is 0 Å². The smallest absolute Gasteiger partial charge is 0.259 e. The largest absolute Gasteiger partial charge is 0.508 e. The van der Waals surface area contributed by atoms with Gasteiger partial charge in [-0.25, -0.2) is 4.99 Å². The average Bonchev–Trinajstić information content (AvgIpc) is 3.10. The van der Waals surface area contributed by atoms with E-state index in [0.717, 1.165) is 41.1 Å². The van der Waals surface area contributed by atoms with E-state index >= 15 is 0 Å². The van der Waals surface area contributed by atoms with Crippen LogP contribution in [-0.2, 0) is 12.8 Å². The molecule has 0 unspecified atom stereocenters. The molecular weight excluding hydrogens is 404 g/mol. The summed E-state index contributed by atoms with van der Waals surface area (Å²) in [7, 11) is 0. The molecule has 160 valence electrons. The number of thiophene rings is 1. The number of phenolic OH excluding ortho intramolecular Hbond substituents is 1. The van der Waals surface area contributed by atoms with Crippen molar-refractivity contribution in [3.63, 3.8) is 0 Å². The minimum absolute atomic E-state index is 0.110. The van der Waals surface area contributed by atoms with Gasteiger partial charge in [-0.05, 0) is 66.0 Å². The third-order valence-electron chi connectivity index (χ3n) is 5.93. The zero-order valence-electron chi connectivity index (χ0n) is 18.2. The fourth-order valence-electron chi connectivity index (χ4n) is 4.09. The number of aromatic hydroxyl groups is 1. The van der Waals surface area contributed by atoms with Gasteiger partial charge in [0.05, 0.1) is 5.56 Å². The lowest BCUT2D eigenvalue weighted by Gasteiger charge is -2.33.